The molecule has 4 rings (SSSR count). The van der Waals surface area contributed by atoms with Crippen molar-refractivity contribution >= 4 is 23.2 Å². The van der Waals surface area contributed by atoms with Crippen LogP contribution in [0.25, 0.3) is 0 Å². The molecular formula is C22H28ClFO4. The molecule has 28 heavy (non-hydrogen) atoms. The second-order valence-electron chi connectivity index (χ2n) is 9.72. The summed E-state index contributed by atoms with van der Waals surface area (Å²) in [6.07, 6.45) is 4.69. The third-order valence-corrected chi connectivity index (χ3v) is 9.01. The van der Waals surface area contributed by atoms with Crippen molar-refractivity contribution in [2.24, 2.45) is 28.6 Å². The van der Waals surface area contributed by atoms with Crippen molar-refractivity contribution in [3.8, 4) is 0 Å². The molecule has 8 atom stereocenters. The molecule has 0 heterocycles. The van der Waals surface area contributed by atoms with Gasteiger partial charge in [-0.2, -0.15) is 0 Å². The minimum Gasteiger partial charge on any atom is -0.390 e. The Labute approximate surface area is 169 Å². The Morgan fingerprint density at radius 3 is 2.68 bits per heavy atom. The van der Waals surface area contributed by atoms with E-state index in [1.807, 2.05) is 13.8 Å². The third kappa shape index (κ3) is 2.08. The number of aliphatic hydroxyl groups is 2. The van der Waals surface area contributed by atoms with Gasteiger partial charge in [-0.25, -0.2) is 4.39 Å². The van der Waals surface area contributed by atoms with Crippen LogP contribution in [0.3, 0.4) is 0 Å². The number of ketones is 2. The molecule has 0 spiro atoms. The highest BCUT2D eigenvalue weighted by Crippen LogP contribution is 2.70. The van der Waals surface area contributed by atoms with Crippen LogP contribution in [0.15, 0.2) is 23.8 Å². The van der Waals surface area contributed by atoms with Gasteiger partial charge in [-0.15, -0.1) is 11.6 Å². The molecule has 4 aliphatic rings. The third-order valence-electron chi connectivity index (χ3n) is 8.77. The first-order valence-electron chi connectivity index (χ1n) is 10.1. The Kier molecular flexibility index (Phi) is 4.33. The minimum atomic E-state index is -1.95. The highest BCUT2D eigenvalue weighted by Gasteiger charge is 2.75. The number of hydrogen-bond donors (Lipinski definition) is 2. The summed E-state index contributed by atoms with van der Waals surface area (Å²) in [5, 5.41) is 22.6. The first-order chi connectivity index (χ1) is 13.0. The van der Waals surface area contributed by atoms with Crippen LogP contribution in [0.2, 0.25) is 0 Å². The van der Waals surface area contributed by atoms with Crippen LogP contribution in [0.1, 0.15) is 46.5 Å². The number of Topliss-reactive ketones (excluding diaryl/α,β-unsaturated/α-hetero) is 1. The van der Waals surface area contributed by atoms with Crippen LogP contribution >= 0.6 is 11.6 Å². The summed E-state index contributed by atoms with van der Waals surface area (Å²) >= 11 is 5.81. The number of carbonyl (C=O) groups excluding carboxylic acids is 2. The van der Waals surface area contributed by atoms with E-state index >= 15 is 4.39 Å². The molecule has 0 aromatic carbocycles. The van der Waals surface area contributed by atoms with Crippen LogP contribution in [0, 0.1) is 28.6 Å². The minimum absolute atomic E-state index is 0.0151. The summed E-state index contributed by atoms with van der Waals surface area (Å²) in [6.45, 7) is 5.38. The summed E-state index contributed by atoms with van der Waals surface area (Å²) in [6, 6.07) is 0. The molecule has 2 N–H and O–H groups in total. The first kappa shape index (κ1) is 20.2. The zero-order valence-corrected chi connectivity index (χ0v) is 17.3. The van der Waals surface area contributed by atoms with Gasteiger partial charge in [0, 0.05) is 16.7 Å². The fourth-order valence-electron chi connectivity index (χ4n) is 7.24. The maximum atomic E-state index is 16.9. The molecule has 4 nitrogen and oxygen atoms in total. The van der Waals surface area contributed by atoms with Gasteiger partial charge < -0.3 is 10.2 Å². The topological polar surface area (TPSA) is 74.6 Å². The first-order valence-corrected chi connectivity index (χ1v) is 10.6. The van der Waals surface area contributed by atoms with Crippen LogP contribution in [-0.2, 0) is 9.59 Å². The predicted octanol–water partition coefficient (Wildman–Crippen LogP) is 3.14. The molecule has 0 saturated heterocycles. The zero-order valence-electron chi connectivity index (χ0n) is 16.5. The number of carbonyl (C=O) groups is 2. The van der Waals surface area contributed by atoms with Crippen molar-refractivity contribution in [3.63, 3.8) is 0 Å². The van der Waals surface area contributed by atoms with Crippen molar-refractivity contribution in [2.45, 2.75) is 63.8 Å². The monoisotopic (exact) mass is 410 g/mol. The number of halogens is 2. The van der Waals surface area contributed by atoms with Crippen molar-refractivity contribution in [1.29, 1.82) is 0 Å². The number of hydrogen-bond acceptors (Lipinski definition) is 4. The molecule has 0 radical (unpaired) electrons. The zero-order chi connectivity index (χ0) is 20.7. The fourth-order valence-corrected chi connectivity index (χ4v) is 7.45. The number of fused-ring (bicyclic) bond motifs is 5. The lowest BCUT2D eigenvalue weighted by Gasteiger charge is -2.62. The Hall–Kier alpha value is -1.04. The van der Waals surface area contributed by atoms with Crippen molar-refractivity contribution in [1.82, 2.24) is 0 Å². The van der Waals surface area contributed by atoms with Gasteiger partial charge in [-0.05, 0) is 56.6 Å². The lowest BCUT2D eigenvalue weighted by atomic mass is 9.44. The van der Waals surface area contributed by atoms with Crippen LogP contribution in [-0.4, -0.2) is 45.0 Å². The fraction of sp³-hybridized carbons (Fsp3) is 0.727. The van der Waals surface area contributed by atoms with Gasteiger partial charge in [0.05, 0.1) is 12.0 Å². The molecule has 3 fully saturated rings. The number of allylic oxidation sites excluding steroid dienone is 4. The number of alkyl halides is 2. The van der Waals surface area contributed by atoms with Gasteiger partial charge in [0.1, 0.15) is 5.60 Å². The van der Waals surface area contributed by atoms with E-state index in [4.69, 9.17) is 11.6 Å². The van der Waals surface area contributed by atoms with E-state index < -0.39 is 39.9 Å². The summed E-state index contributed by atoms with van der Waals surface area (Å²) in [5.74, 6) is -2.03. The maximum Gasteiger partial charge on any atom is 0.179 e. The van der Waals surface area contributed by atoms with Crippen molar-refractivity contribution < 1.29 is 24.2 Å². The molecular weight excluding hydrogens is 383 g/mol. The highest BCUT2D eigenvalue weighted by atomic mass is 35.5. The van der Waals surface area contributed by atoms with Crippen molar-refractivity contribution in [2.75, 3.05) is 5.88 Å². The molecule has 0 amide bonds. The van der Waals surface area contributed by atoms with E-state index in [0.717, 1.165) is 5.57 Å². The van der Waals surface area contributed by atoms with Gasteiger partial charge in [-0.3, -0.25) is 9.59 Å². The average Bonchev–Trinajstić information content (AvgIpc) is 2.84. The Morgan fingerprint density at radius 2 is 2.04 bits per heavy atom. The van der Waals surface area contributed by atoms with E-state index in [2.05, 4.69) is 0 Å². The Balaban J connectivity index is 1.84. The van der Waals surface area contributed by atoms with E-state index in [1.54, 1.807) is 13.0 Å². The average molecular weight is 411 g/mol. The molecule has 0 aromatic rings. The quantitative estimate of drug-likeness (QED) is 0.686. The molecule has 6 heteroatoms. The maximum absolute atomic E-state index is 16.9. The van der Waals surface area contributed by atoms with Crippen LogP contribution < -0.4 is 0 Å². The SMILES string of the molecule is C[C@@H]1C[C@H]2[C@@H]3CCC4=CC(=O)C=C[C@]4(C)[C@@]3(F)[C@H](O)C[C@]2(C)[C@]1(O)C(=O)CCl. The molecule has 3 saturated carbocycles. The van der Waals surface area contributed by atoms with Gasteiger partial charge in [0.25, 0.3) is 0 Å². The van der Waals surface area contributed by atoms with Crippen molar-refractivity contribution in [3.05, 3.63) is 23.8 Å². The summed E-state index contributed by atoms with van der Waals surface area (Å²) in [5.41, 5.74) is -4.90. The summed E-state index contributed by atoms with van der Waals surface area (Å²) < 4.78 is 16.9. The lowest BCUT2D eigenvalue weighted by molar-refractivity contribution is -0.218. The normalized spacial score (nSPS) is 52.5. The second kappa shape index (κ2) is 5.99. The highest BCUT2D eigenvalue weighted by molar-refractivity contribution is 6.29. The molecule has 154 valence electrons. The lowest BCUT2D eigenvalue weighted by Crippen LogP contribution is -2.69. The predicted molar refractivity (Wildman–Crippen MR) is 104 cm³/mol. The summed E-state index contributed by atoms with van der Waals surface area (Å²) in [4.78, 5) is 24.5. The molecule has 0 aromatic heterocycles. The van der Waals surface area contributed by atoms with E-state index in [-0.39, 0.29) is 29.9 Å². The molecule has 0 unspecified atom stereocenters. The van der Waals surface area contributed by atoms with Gasteiger partial charge in [-0.1, -0.05) is 25.5 Å². The van der Waals surface area contributed by atoms with Gasteiger partial charge >= 0.3 is 0 Å². The van der Waals surface area contributed by atoms with Gasteiger partial charge in [0.15, 0.2) is 17.2 Å². The molecule has 4 aliphatic carbocycles. The number of rotatable bonds is 2. The Bertz CT molecular complexity index is 808. The Morgan fingerprint density at radius 1 is 1.36 bits per heavy atom. The van der Waals surface area contributed by atoms with E-state index in [9.17, 15) is 19.8 Å². The molecule has 0 aliphatic heterocycles. The van der Waals surface area contributed by atoms with Crippen LogP contribution in [0.5, 0.6) is 0 Å². The molecule has 0 bridgehead atoms. The van der Waals surface area contributed by atoms with E-state index in [0.29, 0.717) is 19.3 Å². The van der Waals surface area contributed by atoms with Crippen LogP contribution in [0.4, 0.5) is 4.39 Å². The van der Waals surface area contributed by atoms with E-state index in [1.165, 1.54) is 12.2 Å². The summed E-state index contributed by atoms with van der Waals surface area (Å²) in [7, 11) is 0. The second-order valence-corrected chi connectivity index (χ2v) is 9.99. The standard InChI is InChI=1S/C22H28ClFO4/c1-12-8-16-15-5-4-13-9-14(25)6-7-19(13,2)21(15,24)17(26)10-20(16,3)22(12,28)18(27)11-23/h6-7,9,12,15-17,26,28H,4-5,8,10-11H2,1-3H3/t12-,15+,16+,17-,19+,20+,21+,22-/m1/s1. The number of aliphatic hydroxyl groups excluding tert-OH is 1. The smallest absolute Gasteiger partial charge is 0.179 e. The largest absolute Gasteiger partial charge is 0.390 e. The van der Waals surface area contributed by atoms with Gasteiger partial charge in [0.2, 0.25) is 0 Å².